The van der Waals surface area contributed by atoms with Crippen LogP contribution in [0.2, 0.25) is 10.0 Å². The minimum atomic E-state index is 0.222. The molecular formula is C19H19Cl2N3O3. The molecular weight excluding hydrogens is 389 g/mol. The molecule has 0 amide bonds. The van der Waals surface area contributed by atoms with Crippen LogP contribution in [0.15, 0.2) is 47.0 Å². The van der Waals surface area contributed by atoms with Gasteiger partial charge < -0.3 is 14.0 Å². The van der Waals surface area contributed by atoms with Gasteiger partial charge in [-0.05, 0) is 42.9 Å². The fourth-order valence-electron chi connectivity index (χ4n) is 2.48. The summed E-state index contributed by atoms with van der Waals surface area (Å²) in [6.45, 7) is 1.32. The SMILES string of the molecule is COc1ccc(OCc2noc(CN(C)Cc3cccc(Cl)c3Cl)n2)cc1. The zero-order valence-electron chi connectivity index (χ0n) is 15.0. The van der Waals surface area contributed by atoms with Crippen molar-refractivity contribution in [1.29, 1.82) is 0 Å². The molecule has 0 N–H and O–H groups in total. The number of aromatic nitrogens is 2. The molecule has 27 heavy (non-hydrogen) atoms. The summed E-state index contributed by atoms with van der Waals surface area (Å²) in [5.41, 5.74) is 0.939. The third kappa shape index (κ3) is 5.35. The summed E-state index contributed by atoms with van der Waals surface area (Å²) in [6, 6.07) is 12.9. The zero-order valence-corrected chi connectivity index (χ0v) is 16.5. The highest BCUT2D eigenvalue weighted by Gasteiger charge is 2.12. The summed E-state index contributed by atoms with van der Waals surface area (Å²) in [7, 11) is 3.56. The Labute approximate surface area is 167 Å². The second-order valence-corrected chi connectivity index (χ2v) is 6.74. The lowest BCUT2D eigenvalue weighted by Gasteiger charge is -2.15. The molecule has 0 bridgehead atoms. The van der Waals surface area contributed by atoms with Crippen LogP contribution in [0.5, 0.6) is 11.5 Å². The van der Waals surface area contributed by atoms with Gasteiger partial charge in [0.25, 0.3) is 0 Å². The van der Waals surface area contributed by atoms with Crippen LogP contribution in [0.4, 0.5) is 0 Å². The van der Waals surface area contributed by atoms with E-state index in [0.29, 0.717) is 40.6 Å². The van der Waals surface area contributed by atoms with Crippen LogP contribution in [0, 0.1) is 0 Å². The van der Waals surface area contributed by atoms with Gasteiger partial charge in [0.15, 0.2) is 6.61 Å². The molecule has 0 aliphatic carbocycles. The van der Waals surface area contributed by atoms with E-state index < -0.39 is 0 Å². The quantitative estimate of drug-likeness (QED) is 0.543. The summed E-state index contributed by atoms with van der Waals surface area (Å²) in [5.74, 6) is 2.46. The second kappa shape index (κ2) is 9.08. The van der Waals surface area contributed by atoms with Gasteiger partial charge in [-0.15, -0.1) is 0 Å². The molecule has 1 heterocycles. The first-order valence-corrected chi connectivity index (χ1v) is 9.00. The topological polar surface area (TPSA) is 60.6 Å². The van der Waals surface area contributed by atoms with Crippen LogP contribution < -0.4 is 9.47 Å². The molecule has 1 aromatic heterocycles. The Balaban J connectivity index is 1.53. The molecule has 6 nitrogen and oxygen atoms in total. The molecule has 0 aliphatic rings. The number of rotatable bonds is 8. The van der Waals surface area contributed by atoms with Crippen molar-refractivity contribution in [2.24, 2.45) is 0 Å². The van der Waals surface area contributed by atoms with Crippen LogP contribution in [0.25, 0.3) is 0 Å². The molecule has 142 valence electrons. The maximum absolute atomic E-state index is 6.23. The maximum atomic E-state index is 6.23. The smallest absolute Gasteiger partial charge is 0.240 e. The molecule has 3 rings (SSSR count). The predicted molar refractivity (Wildman–Crippen MR) is 103 cm³/mol. The predicted octanol–water partition coefficient (Wildman–Crippen LogP) is 4.60. The summed E-state index contributed by atoms with van der Waals surface area (Å²) in [6.07, 6.45) is 0. The standard InChI is InChI=1S/C19H19Cl2N3O3/c1-24(10-13-4-3-5-16(20)19(13)21)11-18-22-17(23-27-18)12-26-15-8-6-14(25-2)7-9-15/h3-9H,10-12H2,1-2H3. The number of nitrogens with zero attached hydrogens (tertiary/aromatic N) is 3. The first-order valence-electron chi connectivity index (χ1n) is 8.25. The van der Waals surface area contributed by atoms with Gasteiger partial charge in [0.05, 0.1) is 23.7 Å². The largest absolute Gasteiger partial charge is 0.497 e. The third-order valence-corrected chi connectivity index (χ3v) is 4.67. The molecule has 0 spiro atoms. The first kappa shape index (κ1) is 19.5. The molecule has 0 fully saturated rings. The van der Waals surface area contributed by atoms with Gasteiger partial charge in [-0.2, -0.15) is 4.98 Å². The molecule has 0 unspecified atom stereocenters. The van der Waals surface area contributed by atoms with Crippen molar-refractivity contribution >= 4 is 23.2 Å². The Bertz CT molecular complexity index is 884. The number of hydrogen-bond donors (Lipinski definition) is 0. The highest BCUT2D eigenvalue weighted by atomic mass is 35.5. The molecule has 8 heteroatoms. The Kier molecular flexibility index (Phi) is 6.55. The van der Waals surface area contributed by atoms with Crippen LogP contribution in [-0.4, -0.2) is 29.2 Å². The van der Waals surface area contributed by atoms with Crippen molar-refractivity contribution in [2.45, 2.75) is 19.7 Å². The Hall–Kier alpha value is -2.28. The van der Waals surface area contributed by atoms with Gasteiger partial charge in [0, 0.05) is 6.54 Å². The summed E-state index contributed by atoms with van der Waals surface area (Å²) < 4.78 is 16.1. The minimum Gasteiger partial charge on any atom is -0.497 e. The van der Waals surface area contributed by atoms with Gasteiger partial charge in [0.1, 0.15) is 11.5 Å². The average molecular weight is 408 g/mol. The number of methoxy groups -OCH3 is 1. The molecule has 0 atom stereocenters. The zero-order chi connectivity index (χ0) is 19.2. The minimum absolute atomic E-state index is 0.222. The summed E-state index contributed by atoms with van der Waals surface area (Å²) >= 11 is 12.3. The Morgan fingerprint density at radius 1 is 1.04 bits per heavy atom. The number of hydrogen-bond acceptors (Lipinski definition) is 6. The second-order valence-electron chi connectivity index (χ2n) is 5.95. The highest BCUT2D eigenvalue weighted by Crippen LogP contribution is 2.26. The van der Waals surface area contributed by atoms with Crippen molar-refractivity contribution in [3.8, 4) is 11.5 Å². The van der Waals surface area contributed by atoms with E-state index >= 15 is 0 Å². The van der Waals surface area contributed by atoms with E-state index in [1.165, 1.54) is 0 Å². The van der Waals surface area contributed by atoms with Crippen molar-refractivity contribution < 1.29 is 14.0 Å². The first-order chi connectivity index (χ1) is 13.0. The maximum Gasteiger partial charge on any atom is 0.240 e. The Morgan fingerprint density at radius 3 is 2.52 bits per heavy atom. The average Bonchev–Trinajstić information content (AvgIpc) is 3.11. The molecule has 0 saturated carbocycles. The fraction of sp³-hybridized carbons (Fsp3) is 0.263. The van der Waals surface area contributed by atoms with Crippen LogP contribution >= 0.6 is 23.2 Å². The van der Waals surface area contributed by atoms with E-state index in [4.69, 9.17) is 37.2 Å². The van der Waals surface area contributed by atoms with Crippen molar-refractivity contribution in [2.75, 3.05) is 14.2 Å². The summed E-state index contributed by atoms with van der Waals surface area (Å²) in [5, 5.41) is 5.05. The molecule has 0 radical (unpaired) electrons. The van der Waals surface area contributed by atoms with Crippen LogP contribution in [0.1, 0.15) is 17.3 Å². The van der Waals surface area contributed by atoms with Gasteiger partial charge in [-0.1, -0.05) is 40.5 Å². The van der Waals surface area contributed by atoms with E-state index in [1.807, 2.05) is 48.3 Å². The van der Waals surface area contributed by atoms with E-state index in [9.17, 15) is 0 Å². The van der Waals surface area contributed by atoms with E-state index in [1.54, 1.807) is 13.2 Å². The Morgan fingerprint density at radius 2 is 1.78 bits per heavy atom. The highest BCUT2D eigenvalue weighted by molar-refractivity contribution is 6.42. The van der Waals surface area contributed by atoms with Gasteiger partial charge in [-0.3, -0.25) is 4.90 Å². The van der Waals surface area contributed by atoms with Crippen molar-refractivity contribution in [1.82, 2.24) is 15.0 Å². The molecule has 0 saturated heterocycles. The van der Waals surface area contributed by atoms with E-state index in [2.05, 4.69) is 10.1 Å². The fourth-order valence-corrected chi connectivity index (χ4v) is 2.86. The lowest BCUT2D eigenvalue weighted by atomic mass is 10.2. The normalized spacial score (nSPS) is 11.0. The van der Waals surface area contributed by atoms with E-state index in [-0.39, 0.29) is 6.61 Å². The van der Waals surface area contributed by atoms with Crippen molar-refractivity contribution in [3.05, 3.63) is 69.8 Å². The van der Waals surface area contributed by atoms with Gasteiger partial charge in [-0.25, -0.2) is 0 Å². The lowest BCUT2D eigenvalue weighted by molar-refractivity contribution is 0.256. The number of benzene rings is 2. The van der Waals surface area contributed by atoms with Crippen molar-refractivity contribution in [3.63, 3.8) is 0 Å². The number of ether oxygens (including phenoxy) is 2. The van der Waals surface area contributed by atoms with Crippen LogP contribution in [0.3, 0.4) is 0 Å². The van der Waals surface area contributed by atoms with E-state index in [0.717, 1.165) is 11.3 Å². The number of halogens is 2. The lowest BCUT2D eigenvalue weighted by Crippen LogP contribution is -2.17. The molecule has 0 aliphatic heterocycles. The van der Waals surface area contributed by atoms with Gasteiger partial charge >= 0.3 is 0 Å². The summed E-state index contributed by atoms with van der Waals surface area (Å²) in [4.78, 5) is 6.37. The third-order valence-electron chi connectivity index (χ3n) is 3.81. The monoisotopic (exact) mass is 407 g/mol. The molecule has 2 aromatic carbocycles. The van der Waals surface area contributed by atoms with Gasteiger partial charge in [0.2, 0.25) is 11.7 Å². The molecule has 3 aromatic rings. The van der Waals surface area contributed by atoms with Crippen LogP contribution in [-0.2, 0) is 19.7 Å².